The SMILES string of the molecule is CN(C)CCCNC(=O)CCCCCCCCC(CCCCCCCC(=O)CCCC[N+](C)(C)O)S(=O)(=O)[O-].[Na+]. The number of carbonyl (C=O) groups excluding carboxylic acids is 2. The predicted molar refractivity (Wildman–Crippen MR) is 157 cm³/mol. The van der Waals surface area contributed by atoms with E-state index in [1.165, 1.54) is 0 Å². The van der Waals surface area contributed by atoms with Crippen LogP contribution in [0.25, 0.3) is 0 Å². The first-order valence-electron chi connectivity index (χ1n) is 15.2. The zero-order valence-corrected chi connectivity index (χ0v) is 29.2. The van der Waals surface area contributed by atoms with Gasteiger partial charge in [-0.2, -0.15) is 4.65 Å². The van der Waals surface area contributed by atoms with E-state index in [-0.39, 0.29) is 45.9 Å². The Bertz CT molecular complexity index is 745. The van der Waals surface area contributed by atoms with E-state index in [1.807, 2.05) is 14.1 Å². The van der Waals surface area contributed by atoms with Crippen LogP contribution in [-0.2, 0) is 19.7 Å². The molecular weight excluding hydrogens is 541 g/mol. The molecule has 1 amide bonds. The van der Waals surface area contributed by atoms with Crippen LogP contribution in [0, 0.1) is 0 Å². The minimum absolute atomic E-state index is 0. The molecule has 40 heavy (non-hydrogen) atoms. The molecule has 0 bridgehead atoms. The van der Waals surface area contributed by atoms with E-state index < -0.39 is 15.4 Å². The van der Waals surface area contributed by atoms with Crippen LogP contribution in [0.2, 0.25) is 0 Å². The fourth-order valence-electron chi connectivity index (χ4n) is 4.68. The van der Waals surface area contributed by atoms with Crippen molar-refractivity contribution in [3.8, 4) is 0 Å². The van der Waals surface area contributed by atoms with Crippen molar-refractivity contribution in [1.82, 2.24) is 10.2 Å². The third-order valence-electron chi connectivity index (χ3n) is 7.09. The molecule has 0 saturated heterocycles. The van der Waals surface area contributed by atoms with Gasteiger partial charge in [-0.25, -0.2) is 13.6 Å². The third kappa shape index (κ3) is 29.4. The van der Waals surface area contributed by atoms with Crippen molar-refractivity contribution >= 4 is 21.8 Å². The molecule has 0 fully saturated rings. The number of carbonyl (C=O) groups is 2. The minimum Gasteiger partial charge on any atom is -0.748 e. The van der Waals surface area contributed by atoms with Gasteiger partial charge < -0.3 is 14.8 Å². The van der Waals surface area contributed by atoms with Gasteiger partial charge in [0.2, 0.25) is 5.91 Å². The van der Waals surface area contributed by atoms with E-state index in [2.05, 4.69) is 10.2 Å². The van der Waals surface area contributed by atoms with Crippen molar-refractivity contribution < 1.29 is 62.0 Å². The number of nitrogens with zero attached hydrogens (tertiary/aromatic N) is 2. The summed E-state index contributed by atoms with van der Waals surface area (Å²) >= 11 is 0. The molecule has 0 aromatic rings. The maximum atomic E-state index is 12.0. The fourth-order valence-corrected chi connectivity index (χ4v) is 5.59. The van der Waals surface area contributed by atoms with E-state index in [0.717, 1.165) is 96.4 Å². The van der Waals surface area contributed by atoms with Gasteiger partial charge in [0.15, 0.2) is 0 Å². The van der Waals surface area contributed by atoms with E-state index in [1.54, 1.807) is 14.1 Å². The van der Waals surface area contributed by atoms with Crippen molar-refractivity contribution in [2.75, 3.05) is 47.8 Å². The van der Waals surface area contributed by atoms with Crippen molar-refractivity contribution in [1.29, 1.82) is 0 Å². The topological polar surface area (TPSA) is 127 Å². The third-order valence-corrected chi connectivity index (χ3v) is 8.37. The molecule has 0 saturated carbocycles. The van der Waals surface area contributed by atoms with E-state index in [9.17, 15) is 27.8 Å². The largest absolute Gasteiger partial charge is 1.00 e. The average Bonchev–Trinajstić information content (AvgIpc) is 2.82. The van der Waals surface area contributed by atoms with Crippen molar-refractivity contribution in [3.05, 3.63) is 0 Å². The summed E-state index contributed by atoms with van der Waals surface area (Å²) in [4.78, 5) is 25.9. The molecule has 0 aliphatic rings. The van der Waals surface area contributed by atoms with Gasteiger partial charge in [0, 0.05) is 31.1 Å². The summed E-state index contributed by atoms with van der Waals surface area (Å²) in [5.74, 6) is 0.382. The summed E-state index contributed by atoms with van der Waals surface area (Å²) in [7, 11) is 3.20. The predicted octanol–water partition coefficient (Wildman–Crippen LogP) is 2.03. The van der Waals surface area contributed by atoms with Crippen LogP contribution in [0.1, 0.15) is 122 Å². The van der Waals surface area contributed by atoms with Gasteiger partial charge in [-0.05, 0) is 65.6 Å². The Morgan fingerprint density at radius 3 is 1.70 bits per heavy atom. The number of nitrogens with one attached hydrogen (secondary N) is 1. The second-order valence-corrected chi connectivity index (χ2v) is 13.6. The molecular formula is C29H59N3NaO6S+. The van der Waals surface area contributed by atoms with Crippen molar-refractivity contribution in [2.24, 2.45) is 0 Å². The molecule has 9 nitrogen and oxygen atoms in total. The van der Waals surface area contributed by atoms with Crippen LogP contribution in [0.15, 0.2) is 0 Å². The second kappa shape index (κ2) is 25.4. The van der Waals surface area contributed by atoms with Crippen LogP contribution in [0.5, 0.6) is 0 Å². The second-order valence-electron chi connectivity index (χ2n) is 11.9. The molecule has 232 valence electrons. The molecule has 0 rings (SSSR count). The van der Waals surface area contributed by atoms with Crippen molar-refractivity contribution in [3.63, 3.8) is 0 Å². The molecule has 11 heteroatoms. The van der Waals surface area contributed by atoms with Gasteiger partial charge in [-0.15, -0.1) is 0 Å². The van der Waals surface area contributed by atoms with E-state index in [4.69, 9.17) is 0 Å². The van der Waals surface area contributed by atoms with Gasteiger partial charge >= 0.3 is 29.6 Å². The Hall–Kier alpha value is -0.0700. The first kappa shape index (κ1) is 42.1. The first-order chi connectivity index (χ1) is 18.3. The molecule has 0 heterocycles. The maximum Gasteiger partial charge on any atom is 1.00 e. The van der Waals surface area contributed by atoms with Gasteiger partial charge in [0.05, 0.1) is 24.2 Å². The van der Waals surface area contributed by atoms with Crippen LogP contribution >= 0.6 is 0 Å². The van der Waals surface area contributed by atoms with Crippen LogP contribution in [0.4, 0.5) is 0 Å². The van der Waals surface area contributed by atoms with Gasteiger partial charge in [0.1, 0.15) is 12.3 Å². The average molecular weight is 601 g/mol. The Balaban J connectivity index is 0. The molecule has 0 aliphatic heterocycles. The van der Waals surface area contributed by atoms with E-state index in [0.29, 0.717) is 45.2 Å². The zero-order valence-electron chi connectivity index (χ0n) is 26.4. The first-order valence-corrected chi connectivity index (χ1v) is 16.7. The van der Waals surface area contributed by atoms with Crippen LogP contribution in [-0.4, -0.2) is 92.5 Å². The molecule has 0 radical (unpaired) electrons. The number of ketones is 1. The number of quaternary nitrogens is 1. The fraction of sp³-hybridized carbons (Fsp3) is 0.931. The van der Waals surface area contributed by atoms with E-state index >= 15 is 0 Å². The summed E-state index contributed by atoms with van der Waals surface area (Å²) in [6.07, 6.45) is 15.0. The molecule has 0 aliphatic carbocycles. The summed E-state index contributed by atoms with van der Waals surface area (Å²) in [5.41, 5.74) is 0. The minimum atomic E-state index is -4.28. The summed E-state index contributed by atoms with van der Waals surface area (Å²) < 4.78 is 35.0. The Morgan fingerprint density at radius 1 is 0.775 bits per heavy atom. The van der Waals surface area contributed by atoms with Gasteiger partial charge in [0.25, 0.3) is 0 Å². The Labute approximate surface area is 267 Å². The molecule has 0 aromatic carbocycles. The van der Waals surface area contributed by atoms with Crippen LogP contribution < -0.4 is 34.9 Å². The molecule has 1 unspecified atom stereocenters. The van der Waals surface area contributed by atoms with Gasteiger partial charge in [-0.3, -0.25) is 9.59 Å². The molecule has 1 atom stereocenters. The summed E-state index contributed by atoms with van der Waals surface area (Å²) in [6, 6.07) is 0. The number of hydrogen-bond acceptors (Lipinski definition) is 7. The number of unbranched alkanes of at least 4 members (excludes halogenated alkanes) is 10. The standard InChI is InChI=1S/C29H59N3O6S.Na/c1-31(2)25-18-24-30-29(34)23-15-11-6-5-9-13-21-28(39(36,37)38)22-14-10-7-8-12-19-27(33)20-16-17-26-32(3,4)35;/h28,35H,5-26H2,1-4H3,(H-,30,34,36,37,38);/q;+1. The van der Waals surface area contributed by atoms with Crippen molar-refractivity contribution in [2.45, 2.75) is 127 Å². The van der Waals surface area contributed by atoms with Crippen LogP contribution in [0.3, 0.4) is 0 Å². The number of amides is 1. The van der Waals surface area contributed by atoms with Gasteiger partial charge in [-0.1, -0.05) is 57.8 Å². The monoisotopic (exact) mass is 600 g/mol. The number of Topliss-reactive ketones (excluding diaryl/α,β-unsaturated/α-hetero) is 1. The Morgan fingerprint density at radius 2 is 1.23 bits per heavy atom. The summed E-state index contributed by atoms with van der Waals surface area (Å²) in [6.45, 7) is 2.32. The number of rotatable bonds is 27. The molecule has 2 N–H and O–H groups in total. The Kier molecular flexibility index (Phi) is 26.7. The normalized spacial score (nSPS) is 12.8. The number of hydroxylamine groups is 3. The number of hydrogen-bond donors (Lipinski definition) is 2. The molecule has 0 aromatic heterocycles. The quantitative estimate of drug-likeness (QED) is 0.0486. The summed E-state index contributed by atoms with van der Waals surface area (Å²) in [5, 5.41) is 11.8. The smallest absolute Gasteiger partial charge is 0.748 e. The zero-order chi connectivity index (χ0) is 29.6. The molecule has 0 spiro atoms. The maximum absolute atomic E-state index is 12.0.